The van der Waals surface area contributed by atoms with E-state index in [1.54, 1.807) is 24.3 Å². The highest BCUT2D eigenvalue weighted by atomic mass is 16.2. The molecule has 0 aliphatic carbocycles. The maximum absolute atomic E-state index is 12.1. The lowest BCUT2D eigenvalue weighted by Gasteiger charge is -2.34. The molecule has 1 aliphatic rings. The van der Waals surface area contributed by atoms with Gasteiger partial charge in [-0.3, -0.25) is 9.69 Å². The zero-order chi connectivity index (χ0) is 19.1. The molecule has 26 heavy (non-hydrogen) atoms. The molecule has 1 unspecified atom stereocenters. The van der Waals surface area contributed by atoms with E-state index in [9.17, 15) is 9.59 Å². The summed E-state index contributed by atoms with van der Waals surface area (Å²) in [5.41, 5.74) is 1.42. The number of nitrogens with one attached hydrogen (secondary N) is 3. The number of hydrogen-bond acceptors (Lipinski definition) is 3. The van der Waals surface area contributed by atoms with E-state index in [4.69, 9.17) is 0 Å². The molecule has 0 radical (unpaired) electrons. The smallest absolute Gasteiger partial charge is 0.319 e. The number of nitrogens with zero attached hydrogens (tertiary/aromatic N) is 1. The Balaban J connectivity index is 1.74. The number of urea groups is 1. The monoisotopic (exact) mass is 360 g/mol. The predicted molar refractivity (Wildman–Crippen MR) is 106 cm³/mol. The van der Waals surface area contributed by atoms with Crippen LogP contribution in [0.4, 0.5) is 16.2 Å². The van der Waals surface area contributed by atoms with Gasteiger partial charge in [0.1, 0.15) is 0 Å². The van der Waals surface area contributed by atoms with Crippen molar-refractivity contribution in [3.05, 3.63) is 24.3 Å². The van der Waals surface area contributed by atoms with Crippen LogP contribution in [-0.2, 0) is 4.79 Å². The number of benzene rings is 1. The van der Waals surface area contributed by atoms with E-state index in [2.05, 4.69) is 34.7 Å². The summed E-state index contributed by atoms with van der Waals surface area (Å²) < 4.78 is 0. The molecule has 1 aliphatic heterocycles. The molecule has 1 saturated heterocycles. The van der Waals surface area contributed by atoms with Crippen molar-refractivity contribution in [1.29, 1.82) is 0 Å². The summed E-state index contributed by atoms with van der Waals surface area (Å²) in [4.78, 5) is 26.2. The second kappa shape index (κ2) is 9.57. The molecule has 144 valence electrons. The Morgan fingerprint density at radius 3 is 2.12 bits per heavy atom. The molecular weight excluding hydrogens is 328 g/mol. The predicted octanol–water partition coefficient (Wildman–Crippen LogP) is 3.52. The molecule has 0 bridgehead atoms. The first-order valence-electron chi connectivity index (χ1n) is 9.55. The average molecular weight is 361 g/mol. The topological polar surface area (TPSA) is 73.5 Å². The molecule has 1 aromatic rings. The van der Waals surface area contributed by atoms with Crippen LogP contribution in [-0.4, -0.2) is 42.5 Å². The molecule has 1 fully saturated rings. The van der Waals surface area contributed by atoms with Crippen LogP contribution in [0.1, 0.15) is 40.5 Å². The summed E-state index contributed by atoms with van der Waals surface area (Å²) in [5, 5.41) is 8.60. The number of carbonyl (C=O) groups excluding carboxylic acids is 2. The number of hydrogen-bond donors (Lipinski definition) is 3. The zero-order valence-electron chi connectivity index (χ0n) is 16.3. The average Bonchev–Trinajstić information content (AvgIpc) is 2.62. The third kappa shape index (κ3) is 6.33. The minimum atomic E-state index is -0.207. The van der Waals surface area contributed by atoms with Crippen LogP contribution < -0.4 is 16.0 Å². The van der Waals surface area contributed by atoms with Crippen LogP contribution in [0, 0.1) is 11.8 Å². The summed E-state index contributed by atoms with van der Waals surface area (Å²) in [6.45, 7) is 11.0. The summed E-state index contributed by atoms with van der Waals surface area (Å²) in [5.74, 6) is 0.719. The van der Waals surface area contributed by atoms with E-state index in [1.807, 2.05) is 13.8 Å². The minimum absolute atomic E-state index is 0.0236. The molecule has 2 rings (SSSR count). The van der Waals surface area contributed by atoms with Gasteiger partial charge in [0.25, 0.3) is 0 Å². The second-order valence-electron chi connectivity index (χ2n) is 7.62. The normalized spacial score (nSPS) is 17.0. The van der Waals surface area contributed by atoms with Gasteiger partial charge >= 0.3 is 6.03 Å². The number of piperidine rings is 1. The van der Waals surface area contributed by atoms with Gasteiger partial charge in [-0.25, -0.2) is 4.79 Å². The van der Waals surface area contributed by atoms with Crippen LogP contribution >= 0.6 is 0 Å². The third-order valence-electron chi connectivity index (χ3n) is 4.93. The number of likely N-dealkylation sites (tertiary alicyclic amines) is 1. The first-order valence-corrected chi connectivity index (χ1v) is 9.55. The Bertz CT molecular complexity index is 592. The van der Waals surface area contributed by atoms with Crippen LogP contribution in [0.5, 0.6) is 0 Å². The van der Waals surface area contributed by atoms with Gasteiger partial charge in [0.05, 0.1) is 0 Å². The van der Waals surface area contributed by atoms with Crippen molar-refractivity contribution in [1.82, 2.24) is 10.2 Å². The molecular formula is C20H32N4O2. The largest absolute Gasteiger partial charge is 0.336 e. The Morgan fingerprint density at radius 2 is 1.58 bits per heavy atom. The summed E-state index contributed by atoms with van der Waals surface area (Å²) in [6, 6.07) is 7.26. The highest BCUT2D eigenvalue weighted by molar-refractivity contribution is 5.93. The number of rotatable bonds is 6. The van der Waals surface area contributed by atoms with Crippen LogP contribution in [0.3, 0.4) is 0 Å². The van der Waals surface area contributed by atoms with Crippen molar-refractivity contribution < 1.29 is 9.59 Å². The summed E-state index contributed by atoms with van der Waals surface area (Å²) in [7, 11) is 0. The van der Waals surface area contributed by atoms with E-state index >= 15 is 0 Å². The molecule has 6 nitrogen and oxygen atoms in total. The van der Waals surface area contributed by atoms with E-state index in [0.29, 0.717) is 18.3 Å². The van der Waals surface area contributed by atoms with Gasteiger partial charge in [0.15, 0.2) is 0 Å². The van der Waals surface area contributed by atoms with Gasteiger partial charge in [0, 0.05) is 29.9 Å². The van der Waals surface area contributed by atoms with Crippen molar-refractivity contribution in [2.75, 3.05) is 30.3 Å². The molecule has 1 aromatic carbocycles. The fraction of sp³-hybridized carbons (Fsp3) is 0.600. The van der Waals surface area contributed by atoms with Gasteiger partial charge in [-0.15, -0.1) is 0 Å². The first-order chi connectivity index (χ1) is 12.3. The van der Waals surface area contributed by atoms with Crippen molar-refractivity contribution in [2.24, 2.45) is 11.8 Å². The Kier molecular flexibility index (Phi) is 7.45. The fourth-order valence-corrected chi connectivity index (χ4v) is 2.94. The molecule has 3 amide bonds. The van der Waals surface area contributed by atoms with Gasteiger partial charge in [-0.05, 0) is 63.0 Å². The Morgan fingerprint density at radius 1 is 1.04 bits per heavy atom. The number of amides is 3. The fourth-order valence-electron chi connectivity index (χ4n) is 2.94. The molecule has 0 aromatic heterocycles. The van der Waals surface area contributed by atoms with E-state index in [1.165, 1.54) is 12.8 Å². The maximum Gasteiger partial charge on any atom is 0.319 e. The van der Waals surface area contributed by atoms with Crippen LogP contribution in [0.15, 0.2) is 24.3 Å². The van der Waals surface area contributed by atoms with Crippen molar-refractivity contribution in [3.8, 4) is 0 Å². The van der Waals surface area contributed by atoms with Gasteiger partial charge in [-0.1, -0.05) is 20.8 Å². The van der Waals surface area contributed by atoms with Gasteiger partial charge in [-0.2, -0.15) is 0 Å². The first kappa shape index (κ1) is 20.2. The molecule has 1 atom stereocenters. The number of anilines is 2. The van der Waals surface area contributed by atoms with Crippen LogP contribution in [0.2, 0.25) is 0 Å². The third-order valence-corrected chi connectivity index (χ3v) is 4.93. The van der Waals surface area contributed by atoms with E-state index < -0.39 is 0 Å². The quantitative estimate of drug-likeness (QED) is 0.727. The molecule has 6 heteroatoms. The lowest BCUT2D eigenvalue weighted by molar-refractivity contribution is -0.118. The zero-order valence-corrected chi connectivity index (χ0v) is 16.3. The molecule has 1 heterocycles. The van der Waals surface area contributed by atoms with Crippen LogP contribution in [0.25, 0.3) is 0 Å². The number of carbonyl (C=O) groups is 2. The summed E-state index contributed by atoms with van der Waals surface area (Å²) >= 11 is 0. The lowest BCUT2D eigenvalue weighted by atomic mass is 9.98. The Hall–Kier alpha value is -2.08. The summed E-state index contributed by atoms with van der Waals surface area (Å²) in [6.07, 6.45) is 2.46. The standard InChI is InChI=1S/C20H32N4O2/c1-14(2)19(25)22-17-5-7-18(8-6-17)23-20(26)21-13-16(4)24-11-9-15(3)10-12-24/h5-8,14-16H,9-13H2,1-4H3,(H,22,25)(H2,21,23,26). The SMILES string of the molecule is CC1CCN(C(C)CNC(=O)Nc2ccc(NC(=O)C(C)C)cc2)CC1. The van der Waals surface area contributed by atoms with E-state index in [0.717, 1.165) is 24.7 Å². The lowest BCUT2D eigenvalue weighted by Crippen LogP contribution is -2.46. The van der Waals surface area contributed by atoms with Gasteiger partial charge in [0.2, 0.25) is 5.91 Å². The maximum atomic E-state index is 12.1. The van der Waals surface area contributed by atoms with Crippen molar-refractivity contribution in [3.63, 3.8) is 0 Å². The molecule has 0 saturated carbocycles. The minimum Gasteiger partial charge on any atom is -0.336 e. The molecule has 0 spiro atoms. The van der Waals surface area contributed by atoms with Crippen molar-refractivity contribution in [2.45, 2.75) is 46.6 Å². The Labute approximate surface area is 156 Å². The highest BCUT2D eigenvalue weighted by Crippen LogP contribution is 2.18. The van der Waals surface area contributed by atoms with E-state index in [-0.39, 0.29) is 17.9 Å². The second-order valence-corrected chi connectivity index (χ2v) is 7.62. The highest BCUT2D eigenvalue weighted by Gasteiger charge is 2.20. The molecule has 3 N–H and O–H groups in total. The van der Waals surface area contributed by atoms with Gasteiger partial charge < -0.3 is 16.0 Å². The van der Waals surface area contributed by atoms with Crippen molar-refractivity contribution >= 4 is 23.3 Å².